The molecule has 94 valence electrons. The Kier molecular flexibility index (Phi) is 4.12. The van der Waals surface area contributed by atoms with Crippen LogP contribution in [-0.4, -0.2) is 17.2 Å². The first-order valence-corrected chi connectivity index (χ1v) is 6.88. The van der Waals surface area contributed by atoms with Gasteiger partial charge < -0.3 is 10.0 Å². The highest BCUT2D eigenvalue weighted by molar-refractivity contribution is 7.22. The average molecular weight is 281 g/mol. The molecular formula is C13H14BClO2S. The van der Waals surface area contributed by atoms with Crippen LogP contribution in [0.5, 0.6) is 0 Å². The molecule has 2 nitrogen and oxygen atoms in total. The highest BCUT2D eigenvalue weighted by atomic mass is 35.5. The van der Waals surface area contributed by atoms with E-state index in [4.69, 9.17) is 11.6 Å². The van der Waals surface area contributed by atoms with E-state index in [-0.39, 0.29) is 0 Å². The molecule has 1 aromatic heterocycles. The van der Waals surface area contributed by atoms with E-state index in [1.165, 1.54) is 11.3 Å². The third-order valence-electron chi connectivity index (χ3n) is 3.07. The molecule has 0 aliphatic rings. The number of rotatable bonds is 3. The molecule has 1 aromatic carbocycles. The lowest BCUT2D eigenvalue weighted by atomic mass is 9.83. The Bertz CT molecular complexity index is 549. The van der Waals surface area contributed by atoms with Gasteiger partial charge in [-0.3, -0.25) is 0 Å². The molecule has 0 saturated heterocycles. The molecule has 0 aliphatic heterocycles. The smallest absolute Gasteiger partial charge is 0.423 e. The van der Waals surface area contributed by atoms with E-state index in [2.05, 4.69) is 0 Å². The Morgan fingerprint density at radius 1 is 1.17 bits per heavy atom. The molecular weight excluding hydrogens is 266 g/mol. The molecule has 0 atom stereocenters. The maximum atomic E-state index is 9.41. The zero-order valence-electron chi connectivity index (χ0n) is 10.3. The lowest BCUT2D eigenvalue weighted by Gasteiger charge is -2.06. The maximum absolute atomic E-state index is 9.41. The van der Waals surface area contributed by atoms with Crippen LogP contribution in [0.3, 0.4) is 0 Å². The highest BCUT2D eigenvalue weighted by Crippen LogP contribution is 2.22. The molecule has 0 radical (unpaired) electrons. The molecule has 0 bridgehead atoms. The third-order valence-corrected chi connectivity index (χ3v) is 4.61. The van der Waals surface area contributed by atoms with Crippen molar-refractivity contribution in [3.8, 4) is 0 Å². The fraction of sp³-hybridized carbons (Fsp3) is 0.231. The van der Waals surface area contributed by atoms with Crippen molar-refractivity contribution in [3.05, 3.63) is 50.9 Å². The average Bonchev–Trinajstić information content (AvgIpc) is 2.60. The van der Waals surface area contributed by atoms with E-state index in [0.29, 0.717) is 16.2 Å². The molecule has 0 fully saturated rings. The Morgan fingerprint density at radius 3 is 2.33 bits per heavy atom. The first kappa shape index (κ1) is 13.6. The molecule has 1 heterocycles. The summed E-state index contributed by atoms with van der Waals surface area (Å²) < 4.78 is 0.639. The number of hydrogen-bond donors (Lipinski definition) is 2. The van der Waals surface area contributed by atoms with Crippen LogP contribution in [0.15, 0.2) is 24.3 Å². The summed E-state index contributed by atoms with van der Waals surface area (Å²) in [5.74, 6) is 0. The van der Waals surface area contributed by atoms with Crippen molar-refractivity contribution in [1.29, 1.82) is 0 Å². The molecule has 18 heavy (non-hydrogen) atoms. The van der Waals surface area contributed by atoms with E-state index < -0.39 is 7.12 Å². The van der Waals surface area contributed by atoms with Gasteiger partial charge in [0.2, 0.25) is 0 Å². The van der Waals surface area contributed by atoms with Crippen molar-refractivity contribution >= 4 is 34.8 Å². The summed E-state index contributed by atoms with van der Waals surface area (Å²) in [6.45, 7) is 4.01. The first-order chi connectivity index (χ1) is 8.49. The van der Waals surface area contributed by atoms with E-state index >= 15 is 0 Å². The zero-order valence-corrected chi connectivity index (χ0v) is 11.8. The van der Waals surface area contributed by atoms with Crippen molar-refractivity contribution in [2.45, 2.75) is 20.3 Å². The molecule has 2 N–H and O–H groups in total. The molecule has 0 aliphatic carbocycles. The molecule has 0 saturated carbocycles. The standard InChI is InChI=1S/C13H14BClO2S/c1-8-9(2)18-13(14(16)17)12(8)7-10-3-5-11(15)6-4-10/h3-6,16-17H,7H2,1-2H3. The number of aryl methyl sites for hydroxylation is 1. The molecule has 0 unspecified atom stereocenters. The van der Waals surface area contributed by atoms with Gasteiger partial charge in [0, 0.05) is 14.7 Å². The van der Waals surface area contributed by atoms with Crippen LogP contribution in [-0.2, 0) is 6.42 Å². The summed E-state index contributed by atoms with van der Waals surface area (Å²) in [4.78, 5) is 1.13. The Labute approximate surface area is 116 Å². The van der Waals surface area contributed by atoms with Gasteiger partial charge in [0.25, 0.3) is 0 Å². The molecule has 2 rings (SSSR count). The summed E-state index contributed by atoms with van der Waals surface area (Å²) >= 11 is 7.30. The van der Waals surface area contributed by atoms with E-state index in [9.17, 15) is 10.0 Å². The van der Waals surface area contributed by atoms with Gasteiger partial charge in [0.1, 0.15) is 0 Å². The Balaban J connectivity index is 2.36. The molecule has 0 amide bonds. The molecule has 2 aromatic rings. The highest BCUT2D eigenvalue weighted by Gasteiger charge is 2.22. The van der Waals surface area contributed by atoms with E-state index in [0.717, 1.165) is 21.6 Å². The summed E-state index contributed by atoms with van der Waals surface area (Å²) in [6.07, 6.45) is 0.695. The molecule has 0 spiro atoms. The van der Waals surface area contributed by atoms with E-state index in [1.54, 1.807) is 0 Å². The summed E-state index contributed by atoms with van der Waals surface area (Å²) in [7, 11) is -1.40. The van der Waals surface area contributed by atoms with Crippen LogP contribution in [0.4, 0.5) is 0 Å². The van der Waals surface area contributed by atoms with Gasteiger partial charge in [-0.2, -0.15) is 0 Å². The normalized spacial score (nSPS) is 10.7. The van der Waals surface area contributed by atoms with Crippen molar-refractivity contribution in [1.82, 2.24) is 0 Å². The van der Waals surface area contributed by atoms with Gasteiger partial charge >= 0.3 is 7.12 Å². The summed E-state index contributed by atoms with van der Waals surface area (Å²) in [6, 6.07) is 7.62. The van der Waals surface area contributed by atoms with Crippen LogP contribution in [0.1, 0.15) is 21.6 Å². The maximum Gasteiger partial charge on any atom is 0.499 e. The Morgan fingerprint density at radius 2 is 1.78 bits per heavy atom. The largest absolute Gasteiger partial charge is 0.499 e. The topological polar surface area (TPSA) is 40.5 Å². The Hall–Kier alpha value is -0.805. The second-order valence-electron chi connectivity index (χ2n) is 4.30. The van der Waals surface area contributed by atoms with Gasteiger partial charge in [-0.05, 0) is 49.1 Å². The fourth-order valence-electron chi connectivity index (χ4n) is 1.93. The summed E-state index contributed by atoms with van der Waals surface area (Å²) in [5.41, 5.74) is 3.26. The van der Waals surface area contributed by atoms with Crippen LogP contribution in [0.25, 0.3) is 0 Å². The van der Waals surface area contributed by atoms with Crippen molar-refractivity contribution < 1.29 is 10.0 Å². The minimum Gasteiger partial charge on any atom is -0.423 e. The minimum absolute atomic E-state index is 0.639. The van der Waals surface area contributed by atoms with Crippen LogP contribution in [0.2, 0.25) is 5.02 Å². The van der Waals surface area contributed by atoms with Crippen molar-refractivity contribution in [3.63, 3.8) is 0 Å². The number of hydrogen-bond acceptors (Lipinski definition) is 3. The second kappa shape index (κ2) is 5.45. The van der Waals surface area contributed by atoms with Crippen molar-refractivity contribution in [2.75, 3.05) is 0 Å². The fourth-order valence-corrected chi connectivity index (χ4v) is 3.12. The summed E-state index contributed by atoms with van der Waals surface area (Å²) in [5, 5.41) is 19.5. The third kappa shape index (κ3) is 2.78. The van der Waals surface area contributed by atoms with Crippen LogP contribution >= 0.6 is 22.9 Å². The van der Waals surface area contributed by atoms with Crippen molar-refractivity contribution in [2.24, 2.45) is 0 Å². The molecule has 5 heteroatoms. The second-order valence-corrected chi connectivity index (χ2v) is 6.00. The van der Waals surface area contributed by atoms with Gasteiger partial charge in [-0.1, -0.05) is 23.7 Å². The van der Waals surface area contributed by atoms with Gasteiger partial charge in [-0.15, -0.1) is 11.3 Å². The van der Waals surface area contributed by atoms with Gasteiger partial charge in [0.05, 0.1) is 0 Å². The van der Waals surface area contributed by atoms with E-state index in [1.807, 2.05) is 38.1 Å². The van der Waals surface area contributed by atoms with Gasteiger partial charge in [0.15, 0.2) is 0 Å². The monoisotopic (exact) mass is 280 g/mol. The number of thiophene rings is 1. The minimum atomic E-state index is -1.40. The van der Waals surface area contributed by atoms with Gasteiger partial charge in [-0.25, -0.2) is 0 Å². The van der Waals surface area contributed by atoms with Crippen LogP contribution < -0.4 is 4.78 Å². The first-order valence-electron chi connectivity index (χ1n) is 5.68. The SMILES string of the molecule is Cc1sc(B(O)O)c(Cc2ccc(Cl)cc2)c1C. The zero-order chi connectivity index (χ0) is 13.3. The lowest BCUT2D eigenvalue weighted by molar-refractivity contribution is 0.426. The predicted molar refractivity (Wildman–Crippen MR) is 77.9 cm³/mol. The van der Waals surface area contributed by atoms with Crippen LogP contribution in [0, 0.1) is 13.8 Å². The lowest BCUT2D eigenvalue weighted by Crippen LogP contribution is -2.30. The number of benzene rings is 1. The predicted octanol–water partition coefficient (Wildman–Crippen LogP) is 2.29. The quantitative estimate of drug-likeness (QED) is 0.847. The number of halogens is 1.